The van der Waals surface area contributed by atoms with E-state index in [1.807, 2.05) is 0 Å². The van der Waals surface area contributed by atoms with Crippen molar-refractivity contribution in [1.82, 2.24) is 5.32 Å². The third-order valence-corrected chi connectivity index (χ3v) is 1.64. The lowest BCUT2D eigenvalue weighted by molar-refractivity contribution is 0.263. The second kappa shape index (κ2) is 7.52. The molecule has 0 aromatic rings. The van der Waals surface area contributed by atoms with Gasteiger partial charge in [0, 0.05) is 25.6 Å². The molecule has 0 saturated carbocycles. The number of rotatable bonds is 6. The second-order valence-corrected chi connectivity index (χ2v) is 2.48. The van der Waals surface area contributed by atoms with Crippen molar-refractivity contribution in [3.05, 3.63) is 0 Å². The Morgan fingerprint density at radius 2 is 2.36 bits per heavy atom. The summed E-state index contributed by atoms with van der Waals surface area (Å²) in [4.78, 5) is 0. The first-order valence-corrected chi connectivity index (χ1v) is 4.06. The smallest absolute Gasteiger partial charge is 0.0635 e. The van der Waals surface area contributed by atoms with E-state index in [2.05, 4.69) is 18.3 Å². The number of nitrogens with one attached hydrogen (secondary N) is 1. The fraction of sp³-hybridized carbons (Fsp3) is 0.875. The van der Waals surface area contributed by atoms with Crippen molar-refractivity contribution in [2.75, 3.05) is 13.2 Å². The minimum atomic E-state index is 0.220. The minimum Gasteiger partial charge on any atom is -0.396 e. The summed E-state index contributed by atoms with van der Waals surface area (Å²) in [7, 11) is 0. The van der Waals surface area contributed by atoms with Crippen LogP contribution in [0.25, 0.3) is 0 Å². The van der Waals surface area contributed by atoms with E-state index in [0.717, 1.165) is 19.4 Å². The van der Waals surface area contributed by atoms with Crippen molar-refractivity contribution < 1.29 is 5.11 Å². The fourth-order valence-corrected chi connectivity index (χ4v) is 0.939. The van der Waals surface area contributed by atoms with Crippen molar-refractivity contribution in [1.29, 1.82) is 5.26 Å². The van der Waals surface area contributed by atoms with Gasteiger partial charge in [-0.2, -0.15) is 5.26 Å². The van der Waals surface area contributed by atoms with Gasteiger partial charge in [-0.25, -0.2) is 0 Å². The number of hydrogen-bond donors (Lipinski definition) is 2. The molecular weight excluding hydrogens is 140 g/mol. The Kier molecular flexibility index (Phi) is 7.11. The summed E-state index contributed by atoms with van der Waals surface area (Å²) in [6.45, 7) is 3.02. The van der Waals surface area contributed by atoms with E-state index in [-0.39, 0.29) is 6.61 Å². The highest BCUT2D eigenvalue weighted by Gasteiger charge is 2.02. The van der Waals surface area contributed by atoms with Crippen molar-refractivity contribution >= 4 is 0 Å². The first-order valence-electron chi connectivity index (χ1n) is 4.06. The number of aliphatic hydroxyl groups is 1. The molecule has 0 saturated heterocycles. The Morgan fingerprint density at radius 1 is 1.64 bits per heavy atom. The number of nitriles is 1. The molecule has 0 bridgehead atoms. The van der Waals surface area contributed by atoms with E-state index >= 15 is 0 Å². The van der Waals surface area contributed by atoms with Crippen molar-refractivity contribution in [3.8, 4) is 6.07 Å². The van der Waals surface area contributed by atoms with Crippen LogP contribution in [0.4, 0.5) is 0 Å². The van der Waals surface area contributed by atoms with Gasteiger partial charge in [-0.3, -0.25) is 0 Å². The van der Waals surface area contributed by atoms with Crippen LogP contribution in [0.15, 0.2) is 0 Å². The molecule has 0 heterocycles. The highest BCUT2D eigenvalue weighted by molar-refractivity contribution is 4.73. The molecule has 0 aliphatic carbocycles. The fourth-order valence-electron chi connectivity index (χ4n) is 0.939. The van der Waals surface area contributed by atoms with E-state index < -0.39 is 0 Å². The predicted molar refractivity (Wildman–Crippen MR) is 44.0 cm³/mol. The number of aliphatic hydroxyl groups excluding tert-OH is 1. The molecule has 0 spiro atoms. The largest absolute Gasteiger partial charge is 0.396 e. The summed E-state index contributed by atoms with van der Waals surface area (Å²) in [6.07, 6.45) is 2.33. The molecule has 0 aliphatic rings. The van der Waals surface area contributed by atoms with E-state index in [9.17, 15) is 0 Å². The van der Waals surface area contributed by atoms with Gasteiger partial charge < -0.3 is 10.4 Å². The van der Waals surface area contributed by atoms with Gasteiger partial charge in [-0.05, 0) is 12.8 Å². The van der Waals surface area contributed by atoms with Crippen LogP contribution in [0.1, 0.15) is 26.2 Å². The van der Waals surface area contributed by atoms with Crippen LogP contribution in [0.2, 0.25) is 0 Å². The van der Waals surface area contributed by atoms with Crippen molar-refractivity contribution in [2.45, 2.75) is 32.2 Å². The summed E-state index contributed by atoms with van der Waals surface area (Å²) >= 11 is 0. The van der Waals surface area contributed by atoms with Gasteiger partial charge in [0.1, 0.15) is 0 Å². The molecule has 3 nitrogen and oxygen atoms in total. The summed E-state index contributed by atoms with van der Waals surface area (Å²) in [6, 6.07) is 2.43. The number of hydrogen-bond acceptors (Lipinski definition) is 3. The van der Waals surface area contributed by atoms with Crippen LogP contribution in [0, 0.1) is 11.3 Å². The average molecular weight is 156 g/mol. The quantitative estimate of drug-likeness (QED) is 0.555. The van der Waals surface area contributed by atoms with Gasteiger partial charge >= 0.3 is 0 Å². The lowest BCUT2D eigenvalue weighted by atomic mass is 10.1. The molecule has 1 unspecified atom stereocenters. The van der Waals surface area contributed by atoms with E-state index in [0.29, 0.717) is 12.5 Å². The molecule has 11 heavy (non-hydrogen) atoms. The lowest BCUT2D eigenvalue weighted by Gasteiger charge is -2.13. The van der Waals surface area contributed by atoms with Crippen molar-refractivity contribution in [2.24, 2.45) is 0 Å². The van der Waals surface area contributed by atoms with Crippen LogP contribution in [-0.2, 0) is 0 Å². The molecular formula is C8H16N2O. The molecule has 64 valence electrons. The summed E-state index contributed by atoms with van der Waals surface area (Å²) in [5.41, 5.74) is 0. The molecule has 0 radical (unpaired) electrons. The molecule has 0 fully saturated rings. The van der Waals surface area contributed by atoms with Gasteiger partial charge in [0.2, 0.25) is 0 Å². The predicted octanol–water partition coefficient (Wildman–Crippen LogP) is 0.651. The first kappa shape index (κ1) is 10.4. The molecule has 2 N–H and O–H groups in total. The highest BCUT2D eigenvalue weighted by Crippen LogP contribution is 1.95. The zero-order valence-electron chi connectivity index (χ0n) is 7.01. The Labute approximate surface area is 68.0 Å². The molecule has 3 heteroatoms. The Bertz CT molecular complexity index is 120. The van der Waals surface area contributed by atoms with Crippen LogP contribution < -0.4 is 5.32 Å². The summed E-state index contributed by atoms with van der Waals surface area (Å²) in [5, 5.41) is 20.1. The first-order chi connectivity index (χ1) is 5.35. The zero-order valence-corrected chi connectivity index (χ0v) is 7.01. The highest BCUT2D eigenvalue weighted by atomic mass is 16.3. The van der Waals surface area contributed by atoms with Gasteiger partial charge in [0.05, 0.1) is 6.07 Å². The Hall–Kier alpha value is -0.590. The van der Waals surface area contributed by atoms with Crippen LogP contribution in [0.3, 0.4) is 0 Å². The van der Waals surface area contributed by atoms with E-state index in [4.69, 9.17) is 10.4 Å². The second-order valence-electron chi connectivity index (χ2n) is 2.48. The Morgan fingerprint density at radius 3 is 2.82 bits per heavy atom. The standard InChI is InChI=1S/C8H16N2O/c1-2-8(4-7-11)10-6-3-5-9/h8,10-11H,2-4,6-7H2,1H3. The normalized spacial score (nSPS) is 12.5. The molecule has 0 amide bonds. The molecule has 0 aliphatic heterocycles. The SMILES string of the molecule is CCC(CCO)NCCC#N. The van der Waals surface area contributed by atoms with Gasteiger partial charge in [0.15, 0.2) is 0 Å². The van der Waals surface area contributed by atoms with Crippen LogP contribution in [0.5, 0.6) is 0 Å². The van der Waals surface area contributed by atoms with Crippen LogP contribution >= 0.6 is 0 Å². The monoisotopic (exact) mass is 156 g/mol. The van der Waals surface area contributed by atoms with Gasteiger partial charge in [-0.1, -0.05) is 6.92 Å². The maximum Gasteiger partial charge on any atom is 0.0635 e. The molecule has 1 atom stereocenters. The maximum atomic E-state index is 8.62. The molecule has 0 aromatic carbocycles. The third-order valence-electron chi connectivity index (χ3n) is 1.64. The summed E-state index contributed by atoms with van der Waals surface area (Å²) in [5.74, 6) is 0. The number of nitrogens with zero attached hydrogens (tertiary/aromatic N) is 1. The Balaban J connectivity index is 3.29. The topological polar surface area (TPSA) is 56.0 Å². The maximum absolute atomic E-state index is 8.62. The van der Waals surface area contributed by atoms with E-state index in [1.54, 1.807) is 0 Å². The third kappa shape index (κ3) is 5.84. The van der Waals surface area contributed by atoms with Crippen LogP contribution in [-0.4, -0.2) is 24.3 Å². The van der Waals surface area contributed by atoms with E-state index in [1.165, 1.54) is 0 Å². The lowest BCUT2D eigenvalue weighted by Crippen LogP contribution is -2.29. The summed E-state index contributed by atoms with van der Waals surface area (Å²) < 4.78 is 0. The minimum absolute atomic E-state index is 0.220. The van der Waals surface area contributed by atoms with Crippen molar-refractivity contribution in [3.63, 3.8) is 0 Å². The zero-order chi connectivity index (χ0) is 8.53. The molecule has 0 aromatic heterocycles. The average Bonchev–Trinajstić information content (AvgIpc) is 2.03. The van der Waals surface area contributed by atoms with Gasteiger partial charge in [-0.15, -0.1) is 0 Å². The molecule has 0 rings (SSSR count). The van der Waals surface area contributed by atoms with Gasteiger partial charge in [0.25, 0.3) is 0 Å².